The molecule has 1 N–H and O–H groups in total. The molecule has 0 unspecified atom stereocenters. The Balaban J connectivity index is 1.76. The van der Waals surface area contributed by atoms with Crippen LogP contribution in [0.25, 0.3) is 0 Å². The molecule has 1 aromatic heterocycles. The fraction of sp³-hybridized carbons (Fsp3) is 0.688. The number of aliphatic hydroxyl groups excluding tert-OH is 1. The summed E-state index contributed by atoms with van der Waals surface area (Å²) < 4.78 is 44.7. The van der Waals surface area contributed by atoms with Crippen LogP contribution in [0.15, 0.2) is 12.1 Å². The van der Waals surface area contributed by atoms with E-state index >= 15 is 0 Å². The first-order chi connectivity index (χ1) is 10.8. The van der Waals surface area contributed by atoms with Crippen molar-refractivity contribution in [3.05, 3.63) is 23.4 Å². The van der Waals surface area contributed by atoms with Crippen molar-refractivity contribution in [1.29, 1.82) is 0 Å². The molecule has 0 radical (unpaired) electrons. The van der Waals surface area contributed by atoms with Gasteiger partial charge in [0, 0.05) is 25.4 Å². The van der Waals surface area contributed by atoms with Crippen molar-refractivity contribution in [1.82, 2.24) is 4.98 Å². The van der Waals surface area contributed by atoms with Crippen molar-refractivity contribution >= 4 is 5.82 Å². The van der Waals surface area contributed by atoms with E-state index in [-0.39, 0.29) is 0 Å². The van der Waals surface area contributed by atoms with Gasteiger partial charge in [-0.15, -0.1) is 0 Å². The smallest absolute Gasteiger partial charge is 0.390 e. The summed E-state index contributed by atoms with van der Waals surface area (Å²) in [5.41, 5.74) is -0.857. The number of rotatable bonds is 1. The summed E-state index contributed by atoms with van der Waals surface area (Å²) in [6.07, 6.45) is -2.09. The molecule has 4 nitrogen and oxygen atoms in total. The van der Waals surface area contributed by atoms with Crippen LogP contribution in [-0.2, 0) is 10.9 Å². The van der Waals surface area contributed by atoms with Crippen LogP contribution in [0.1, 0.15) is 36.9 Å². The van der Waals surface area contributed by atoms with E-state index in [0.29, 0.717) is 44.0 Å². The second-order valence-electron chi connectivity index (χ2n) is 6.41. The molecule has 2 saturated heterocycles. The summed E-state index contributed by atoms with van der Waals surface area (Å²) in [7, 11) is 0. The van der Waals surface area contributed by atoms with Gasteiger partial charge in [-0.1, -0.05) is 0 Å². The van der Waals surface area contributed by atoms with E-state index in [0.717, 1.165) is 25.0 Å². The lowest BCUT2D eigenvalue weighted by molar-refractivity contribution is -0.164. The normalized spacial score (nSPS) is 24.9. The molecule has 1 atom stereocenters. The van der Waals surface area contributed by atoms with E-state index in [1.165, 1.54) is 0 Å². The predicted octanol–water partition coefficient (Wildman–Crippen LogP) is 2.92. The van der Waals surface area contributed by atoms with Gasteiger partial charge in [0.25, 0.3) is 0 Å². The maximum atomic E-state index is 13.0. The summed E-state index contributed by atoms with van der Waals surface area (Å²) >= 11 is 0. The number of nitrogens with zero attached hydrogens (tertiary/aromatic N) is 2. The van der Waals surface area contributed by atoms with Gasteiger partial charge in [0.05, 0.1) is 17.3 Å². The minimum Gasteiger partial charge on any atom is -0.390 e. The highest BCUT2D eigenvalue weighted by Crippen LogP contribution is 2.37. The van der Waals surface area contributed by atoms with Crippen molar-refractivity contribution in [2.24, 2.45) is 0 Å². The Morgan fingerprint density at radius 3 is 2.61 bits per heavy atom. The highest BCUT2D eigenvalue weighted by Gasteiger charge is 2.44. The number of ether oxygens (including phenoxy) is 1. The van der Waals surface area contributed by atoms with Crippen molar-refractivity contribution < 1.29 is 23.0 Å². The van der Waals surface area contributed by atoms with Crippen LogP contribution < -0.4 is 4.90 Å². The van der Waals surface area contributed by atoms with E-state index in [2.05, 4.69) is 4.98 Å². The first kappa shape index (κ1) is 16.5. The topological polar surface area (TPSA) is 45.6 Å². The second-order valence-corrected chi connectivity index (χ2v) is 6.41. The lowest BCUT2D eigenvalue weighted by Crippen LogP contribution is -2.55. The monoisotopic (exact) mass is 330 g/mol. The molecule has 2 fully saturated rings. The van der Waals surface area contributed by atoms with E-state index in [1.807, 2.05) is 4.90 Å². The minimum absolute atomic E-state index is 0.345. The van der Waals surface area contributed by atoms with Crippen molar-refractivity contribution in [3.63, 3.8) is 0 Å². The molecule has 0 saturated carbocycles. The van der Waals surface area contributed by atoms with Gasteiger partial charge in [0.15, 0.2) is 0 Å². The predicted molar refractivity (Wildman–Crippen MR) is 79.3 cm³/mol. The zero-order valence-electron chi connectivity index (χ0n) is 13.1. The molecule has 0 bridgehead atoms. The molecule has 2 aliphatic heterocycles. The Kier molecular flexibility index (Phi) is 4.27. The van der Waals surface area contributed by atoms with E-state index in [1.54, 1.807) is 6.92 Å². The lowest BCUT2D eigenvalue weighted by atomic mass is 9.82. The minimum atomic E-state index is -4.37. The van der Waals surface area contributed by atoms with E-state index in [4.69, 9.17) is 4.74 Å². The Bertz CT molecular complexity index is 569. The molecule has 0 amide bonds. The molecule has 1 spiro atoms. The highest BCUT2D eigenvalue weighted by atomic mass is 19.4. The van der Waals surface area contributed by atoms with Crippen molar-refractivity contribution in [2.75, 3.05) is 24.6 Å². The number of alkyl halides is 3. The number of hydrogen-bond donors (Lipinski definition) is 1. The highest BCUT2D eigenvalue weighted by molar-refractivity contribution is 5.44. The van der Waals surface area contributed by atoms with Crippen LogP contribution in [0.2, 0.25) is 0 Å². The van der Waals surface area contributed by atoms with Gasteiger partial charge in [-0.3, -0.25) is 0 Å². The molecule has 7 heteroatoms. The van der Waals surface area contributed by atoms with Crippen LogP contribution in [0, 0.1) is 6.92 Å². The third-order valence-corrected chi connectivity index (χ3v) is 4.82. The quantitative estimate of drug-likeness (QED) is 0.860. The summed E-state index contributed by atoms with van der Waals surface area (Å²) in [4.78, 5) is 6.09. The van der Waals surface area contributed by atoms with Crippen LogP contribution in [0.3, 0.4) is 0 Å². The molecule has 128 valence electrons. The number of hydrogen-bond acceptors (Lipinski definition) is 4. The maximum Gasteiger partial charge on any atom is 0.416 e. The molecule has 0 aromatic carbocycles. The van der Waals surface area contributed by atoms with Gasteiger partial charge < -0.3 is 14.7 Å². The van der Waals surface area contributed by atoms with Gasteiger partial charge in [-0.25, -0.2) is 4.98 Å². The van der Waals surface area contributed by atoms with Gasteiger partial charge in [-0.05, 0) is 44.7 Å². The molecule has 3 rings (SSSR count). The fourth-order valence-electron chi connectivity index (χ4n) is 3.48. The molecule has 2 aliphatic rings. The number of aryl methyl sites for hydroxylation is 1. The zero-order valence-corrected chi connectivity index (χ0v) is 13.1. The zero-order chi connectivity index (χ0) is 16.7. The Labute approximate surface area is 133 Å². The van der Waals surface area contributed by atoms with Crippen LogP contribution in [0.4, 0.5) is 19.0 Å². The number of aromatic nitrogens is 1. The number of anilines is 1. The van der Waals surface area contributed by atoms with Crippen LogP contribution in [0.5, 0.6) is 0 Å². The number of halogens is 3. The summed E-state index contributed by atoms with van der Waals surface area (Å²) in [5.74, 6) is 0.345. The Hall–Kier alpha value is -1.34. The van der Waals surface area contributed by atoms with Gasteiger partial charge in [0.1, 0.15) is 5.82 Å². The molecule has 1 aromatic rings. The van der Waals surface area contributed by atoms with Crippen LogP contribution in [-0.4, -0.2) is 41.5 Å². The first-order valence-electron chi connectivity index (χ1n) is 7.93. The number of pyridine rings is 1. The van der Waals surface area contributed by atoms with Crippen molar-refractivity contribution in [3.8, 4) is 0 Å². The van der Waals surface area contributed by atoms with Gasteiger partial charge in [0.2, 0.25) is 0 Å². The number of aliphatic hydroxyl groups is 1. The average molecular weight is 330 g/mol. The number of piperidine rings is 1. The molecular weight excluding hydrogens is 309 g/mol. The molecule has 23 heavy (non-hydrogen) atoms. The summed E-state index contributed by atoms with van der Waals surface area (Å²) in [6.45, 7) is 3.27. The molecule has 3 heterocycles. The average Bonchev–Trinajstić information content (AvgIpc) is 2.50. The van der Waals surface area contributed by atoms with Crippen LogP contribution >= 0.6 is 0 Å². The largest absolute Gasteiger partial charge is 0.416 e. The third kappa shape index (κ3) is 3.30. The van der Waals surface area contributed by atoms with Gasteiger partial charge >= 0.3 is 6.18 Å². The third-order valence-electron chi connectivity index (χ3n) is 4.82. The summed E-state index contributed by atoms with van der Waals surface area (Å²) in [6, 6.07) is 2.16. The standard InChI is InChI=1S/C16H21F3N2O2/c1-11-9-12(16(17,18)19)10-14(20-11)21-6-4-15(5-7-21)13(22)3-2-8-23-15/h9-10,13,22H,2-8H2,1H3/t13-/m0/s1. The Morgan fingerprint density at radius 1 is 1.30 bits per heavy atom. The second kappa shape index (κ2) is 5.94. The van der Waals surface area contributed by atoms with E-state index < -0.39 is 23.4 Å². The van der Waals surface area contributed by atoms with Crippen molar-refractivity contribution in [2.45, 2.75) is 50.5 Å². The maximum absolute atomic E-state index is 13.0. The Morgan fingerprint density at radius 2 is 2.00 bits per heavy atom. The molecule has 0 aliphatic carbocycles. The SMILES string of the molecule is Cc1cc(C(F)(F)F)cc(N2CCC3(CC2)OCCC[C@@H]3O)n1. The summed E-state index contributed by atoms with van der Waals surface area (Å²) in [5, 5.41) is 10.2. The molecular formula is C16H21F3N2O2. The van der Waals surface area contributed by atoms with Gasteiger partial charge in [-0.2, -0.15) is 13.2 Å². The lowest BCUT2D eigenvalue weighted by Gasteiger charge is -2.47. The fourth-order valence-corrected chi connectivity index (χ4v) is 3.48. The first-order valence-corrected chi connectivity index (χ1v) is 7.93. The van der Waals surface area contributed by atoms with E-state index in [9.17, 15) is 18.3 Å².